The second-order valence-corrected chi connectivity index (χ2v) is 16.5. The predicted octanol–water partition coefficient (Wildman–Crippen LogP) is 14.3. The van der Waals surface area contributed by atoms with Crippen molar-refractivity contribution in [2.75, 3.05) is 0 Å². The monoisotopic (exact) mass is 800 g/mol. The average molecular weight is 801 g/mol. The molecule has 4 heteroatoms. The third-order valence-corrected chi connectivity index (χ3v) is 13.2. The number of fused-ring (bicyclic) bond motifs is 17. The summed E-state index contributed by atoms with van der Waals surface area (Å²) in [4.78, 5) is 20.0. The molecule has 0 fully saturated rings. The van der Waals surface area contributed by atoms with E-state index in [0.29, 0.717) is 5.82 Å². The Balaban J connectivity index is 1.14. The topological polar surface area (TPSA) is 51.6 Å². The summed E-state index contributed by atoms with van der Waals surface area (Å²) in [5.74, 6) is 0.654. The molecular weight excluding hydrogens is 765 g/mol. The minimum absolute atomic E-state index is 0.654. The molecule has 11 aromatic rings. The Morgan fingerprint density at radius 1 is 0.333 bits per heavy atom. The molecule has 8 aromatic carbocycles. The van der Waals surface area contributed by atoms with E-state index in [4.69, 9.17) is 15.0 Å². The van der Waals surface area contributed by atoms with Gasteiger partial charge in [0.15, 0.2) is 5.82 Å². The van der Waals surface area contributed by atoms with E-state index in [2.05, 4.69) is 181 Å². The van der Waals surface area contributed by atoms with Gasteiger partial charge in [-0.15, -0.1) is 0 Å². The molecule has 0 N–H and O–H groups in total. The number of pyridine rings is 2. The number of nitrogens with zero attached hydrogens (tertiary/aromatic N) is 4. The van der Waals surface area contributed by atoms with Gasteiger partial charge in [-0.3, -0.25) is 9.97 Å². The lowest BCUT2D eigenvalue weighted by Crippen LogP contribution is -2.29. The van der Waals surface area contributed by atoms with Crippen molar-refractivity contribution >= 4 is 21.5 Å². The fraction of sp³-hybridized carbons (Fsp3) is 0.0169. The smallest absolute Gasteiger partial charge is 0.160 e. The number of hydrogen-bond acceptors (Lipinski definition) is 4. The zero-order valence-corrected chi connectivity index (χ0v) is 34.1. The lowest BCUT2D eigenvalue weighted by atomic mass is 9.64. The van der Waals surface area contributed by atoms with Gasteiger partial charge in [-0.2, -0.15) is 0 Å². The molecule has 1 unspecified atom stereocenters. The van der Waals surface area contributed by atoms with E-state index in [-0.39, 0.29) is 0 Å². The highest BCUT2D eigenvalue weighted by atomic mass is 14.9. The summed E-state index contributed by atoms with van der Waals surface area (Å²) in [5, 5.41) is 5.03. The van der Waals surface area contributed by atoms with Crippen LogP contribution in [0.2, 0.25) is 0 Å². The van der Waals surface area contributed by atoms with Crippen molar-refractivity contribution in [2.45, 2.75) is 5.41 Å². The molecule has 63 heavy (non-hydrogen) atoms. The normalized spacial score (nSPS) is 14.4. The number of aromatic nitrogens is 4. The molecule has 0 amide bonds. The summed E-state index contributed by atoms with van der Waals surface area (Å²) in [5.41, 5.74) is 18.1. The Morgan fingerprint density at radius 2 is 0.889 bits per heavy atom. The molecule has 3 aromatic heterocycles. The van der Waals surface area contributed by atoms with Crippen LogP contribution in [0.3, 0.4) is 0 Å². The van der Waals surface area contributed by atoms with Crippen LogP contribution in [0.25, 0.3) is 100 Å². The number of benzene rings is 8. The second kappa shape index (κ2) is 13.8. The first-order valence-electron chi connectivity index (χ1n) is 21.4. The second-order valence-electron chi connectivity index (χ2n) is 16.5. The molecule has 0 aliphatic heterocycles. The summed E-state index contributed by atoms with van der Waals surface area (Å²) in [6.07, 6.45) is 5.53. The fourth-order valence-electron chi connectivity index (χ4n) is 10.6. The van der Waals surface area contributed by atoms with Crippen molar-refractivity contribution in [3.8, 4) is 78.5 Å². The summed E-state index contributed by atoms with van der Waals surface area (Å²) in [6.45, 7) is 0. The van der Waals surface area contributed by atoms with Gasteiger partial charge in [0.25, 0.3) is 0 Å². The van der Waals surface area contributed by atoms with E-state index in [1.54, 1.807) is 6.20 Å². The van der Waals surface area contributed by atoms with Crippen LogP contribution >= 0.6 is 0 Å². The van der Waals surface area contributed by atoms with E-state index in [9.17, 15) is 0 Å². The lowest BCUT2D eigenvalue weighted by molar-refractivity contribution is 0.783. The van der Waals surface area contributed by atoms with E-state index in [0.717, 1.165) is 39.3 Å². The minimum Gasteiger partial charge on any atom is -0.264 e. The largest absolute Gasteiger partial charge is 0.264 e. The van der Waals surface area contributed by atoms with Crippen LogP contribution in [0.15, 0.2) is 219 Å². The lowest BCUT2D eigenvalue weighted by Gasteiger charge is -2.36. The molecule has 0 bridgehead atoms. The Labute approximate surface area is 364 Å². The van der Waals surface area contributed by atoms with Gasteiger partial charge in [0, 0.05) is 40.8 Å². The van der Waals surface area contributed by atoms with Crippen LogP contribution in [-0.2, 0) is 5.41 Å². The minimum atomic E-state index is -0.706. The molecule has 3 heterocycles. The molecule has 292 valence electrons. The van der Waals surface area contributed by atoms with Crippen LogP contribution in [0.1, 0.15) is 22.3 Å². The highest BCUT2D eigenvalue weighted by Gasteiger charge is 2.51. The fourth-order valence-corrected chi connectivity index (χ4v) is 10.6. The summed E-state index contributed by atoms with van der Waals surface area (Å²) in [7, 11) is 0. The predicted molar refractivity (Wildman–Crippen MR) is 256 cm³/mol. The quantitative estimate of drug-likeness (QED) is 0.166. The van der Waals surface area contributed by atoms with Gasteiger partial charge < -0.3 is 0 Å². The molecule has 0 saturated carbocycles. The molecule has 1 spiro atoms. The standard InChI is InChI=1S/C59H36N4/c1-2-15-37(16-3-1)54-34-55(40-29-31-53(61-36-40)39-17-14-32-60-35-39)63-58(62-54)38-28-30-46-42-19-5-4-18-41(42)45-22-10-12-26-50(45)59(52(46)33-38)51-27-13-11-25-49(51)56-47-23-8-6-20-43(47)44-21-7-9-24-48(44)57(56)59/h1-36H. The van der Waals surface area contributed by atoms with Crippen molar-refractivity contribution in [1.82, 2.24) is 19.9 Å². The zero-order chi connectivity index (χ0) is 41.5. The van der Waals surface area contributed by atoms with Crippen LogP contribution in [0, 0.1) is 0 Å². The van der Waals surface area contributed by atoms with Gasteiger partial charge in [0.05, 0.1) is 22.5 Å². The first kappa shape index (κ1) is 35.4. The third-order valence-electron chi connectivity index (χ3n) is 13.2. The highest BCUT2D eigenvalue weighted by Crippen LogP contribution is 2.64. The van der Waals surface area contributed by atoms with E-state index < -0.39 is 5.41 Å². The van der Waals surface area contributed by atoms with Gasteiger partial charge in [0.2, 0.25) is 0 Å². The first-order chi connectivity index (χ1) is 31.3. The van der Waals surface area contributed by atoms with Crippen molar-refractivity contribution in [3.63, 3.8) is 0 Å². The molecule has 2 aliphatic carbocycles. The third kappa shape index (κ3) is 5.22. The average Bonchev–Trinajstić information content (AvgIpc) is 3.63. The molecule has 0 saturated heterocycles. The number of hydrogen-bond donors (Lipinski definition) is 0. The van der Waals surface area contributed by atoms with Crippen molar-refractivity contribution in [2.24, 2.45) is 0 Å². The van der Waals surface area contributed by atoms with Crippen molar-refractivity contribution in [1.29, 1.82) is 0 Å². The van der Waals surface area contributed by atoms with Crippen molar-refractivity contribution < 1.29 is 0 Å². The molecule has 1 atom stereocenters. The zero-order valence-electron chi connectivity index (χ0n) is 34.1. The van der Waals surface area contributed by atoms with Gasteiger partial charge in [-0.05, 0) is 114 Å². The maximum absolute atomic E-state index is 5.39. The Kier molecular flexibility index (Phi) is 7.79. The van der Waals surface area contributed by atoms with Crippen LogP contribution in [0.5, 0.6) is 0 Å². The Bertz CT molecular complexity index is 3620. The molecule has 4 nitrogen and oxygen atoms in total. The maximum atomic E-state index is 5.39. The molecule has 2 aliphatic rings. The first-order valence-corrected chi connectivity index (χ1v) is 21.4. The van der Waals surface area contributed by atoms with Crippen LogP contribution < -0.4 is 0 Å². The summed E-state index contributed by atoms with van der Waals surface area (Å²) in [6, 6.07) is 72.6. The van der Waals surface area contributed by atoms with Gasteiger partial charge in [-0.1, -0.05) is 164 Å². The Morgan fingerprint density at radius 3 is 1.60 bits per heavy atom. The van der Waals surface area contributed by atoms with Gasteiger partial charge in [-0.25, -0.2) is 9.97 Å². The van der Waals surface area contributed by atoms with E-state index in [1.165, 1.54) is 77.2 Å². The van der Waals surface area contributed by atoms with Crippen LogP contribution in [0.4, 0.5) is 0 Å². The van der Waals surface area contributed by atoms with Crippen molar-refractivity contribution in [3.05, 3.63) is 241 Å². The maximum Gasteiger partial charge on any atom is 0.160 e. The van der Waals surface area contributed by atoms with Gasteiger partial charge >= 0.3 is 0 Å². The Hall–Kier alpha value is -8.34. The van der Waals surface area contributed by atoms with Crippen LogP contribution in [-0.4, -0.2) is 19.9 Å². The van der Waals surface area contributed by atoms with E-state index >= 15 is 0 Å². The molecule has 0 radical (unpaired) electrons. The number of rotatable bonds is 4. The summed E-state index contributed by atoms with van der Waals surface area (Å²) >= 11 is 0. The van der Waals surface area contributed by atoms with E-state index in [1.807, 2.05) is 36.7 Å². The van der Waals surface area contributed by atoms with Gasteiger partial charge in [0.1, 0.15) is 0 Å². The molecule has 13 rings (SSSR count). The molecular formula is C59H36N4. The SMILES string of the molecule is c1ccc(-c2cc(-c3ccc(-c4cccnc4)nc3)nc(-c3ccc4c(c3)C3(c5ccccc5-c5ccccc5-4)c4ccccc4-c4c3c3ccccc3c3ccccc43)n2)cc1. The summed E-state index contributed by atoms with van der Waals surface area (Å²) < 4.78 is 0. The highest BCUT2D eigenvalue weighted by molar-refractivity contribution is 6.19.